The van der Waals surface area contributed by atoms with Gasteiger partial charge in [0.15, 0.2) is 5.16 Å². The van der Waals surface area contributed by atoms with Gasteiger partial charge in [0, 0.05) is 5.75 Å². The summed E-state index contributed by atoms with van der Waals surface area (Å²) >= 11 is 1.29. The molecule has 0 N–H and O–H groups in total. The predicted octanol–water partition coefficient (Wildman–Crippen LogP) is 4.60. The van der Waals surface area contributed by atoms with Crippen molar-refractivity contribution in [1.29, 1.82) is 0 Å². The largest absolute Gasteiger partial charge is 0.465 e. The van der Waals surface area contributed by atoms with Gasteiger partial charge in [0.2, 0.25) is 0 Å². The molecular formula is C23H17FN2O3S. The van der Waals surface area contributed by atoms with Crippen LogP contribution in [0.5, 0.6) is 0 Å². The van der Waals surface area contributed by atoms with E-state index in [0.717, 1.165) is 5.56 Å². The van der Waals surface area contributed by atoms with Crippen molar-refractivity contribution in [3.05, 3.63) is 100 Å². The van der Waals surface area contributed by atoms with Crippen LogP contribution in [-0.2, 0) is 10.5 Å². The number of aromatic nitrogens is 2. The maximum atomic E-state index is 13.9. The summed E-state index contributed by atoms with van der Waals surface area (Å²) in [5.41, 5.74) is 1.87. The van der Waals surface area contributed by atoms with Crippen LogP contribution in [-0.4, -0.2) is 22.6 Å². The maximum absolute atomic E-state index is 13.9. The van der Waals surface area contributed by atoms with E-state index in [9.17, 15) is 14.0 Å². The number of thioether (sulfide) groups is 1. The van der Waals surface area contributed by atoms with Crippen LogP contribution >= 0.6 is 11.8 Å². The maximum Gasteiger partial charge on any atom is 0.338 e. The highest BCUT2D eigenvalue weighted by molar-refractivity contribution is 7.98. The van der Waals surface area contributed by atoms with Gasteiger partial charge in [0.1, 0.15) is 5.82 Å². The first-order valence-corrected chi connectivity index (χ1v) is 10.1. The van der Waals surface area contributed by atoms with Crippen molar-refractivity contribution in [1.82, 2.24) is 9.55 Å². The third kappa shape index (κ3) is 3.84. The number of esters is 1. The standard InChI is InChI=1S/C23H17FN2O3S/c1-29-22(28)18-10-3-2-7-15(18)14-30-23-25-20-12-5-4-11-19(20)21(27)26(23)17-9-6-8-16(24)13-17/h2-13H,14H2,1H3. The van der Waals surface area contributed by atoms with E-state index >= 15 is 0 Å². The van der Waals surface area contributed by atoms with Crippen molar-refractivity contribution in [3.63, 3.8) is 0 Å². The lowest BCUT2D eigenvalue weighted by Crippen LogP contribution is -2.22. The van der Waals surface area contributed by atoms with Gasteiger partial charge in [-0.05, 0) is 42.0 Å². The number of methoxy groups -OCH3 is 1. The molecule has 0 atom stereocenters. The molecule has 0 aliphatic heterocycles. The molecule has 0 saturated carbocycles. The molecule has 3 aromatic carbocycles. The Balaban J connectivity index is 1.82. The number of rotatable bonds is 5. The highest BCUT2D eigenvalue weighted by Gasteiger charge is 2.16. The minimum absolute atomic E-state index is 0.282. The van der Waals surface area contributed by atoms with Crippen LogP contribution in [0.1, 0.15) is 15.9 Å². The van der Waals surface area contributed by atoms with E-state index in [0.29, 0.717) is 33.1 Å². The molecule has 0 unspecified atom stereocenters. The van der Waals surface area contributed by atoms with Crippen LogP contribution in [0.4, 0.5) is 4.39 Å². The number of fused-ring (bicyclic) bond motifs is 1. The summed E-state index contributed by atoms with van der Waals surface area (Å²) in [6, 6.07) is 20.0. The highest BCUT2D eigenvalue weighted by atomic mass is 32.2. The minimum Gasteiger partial charge on any atom is -0.465 e. The first-order chi connectivity index (χ1) is 14.6. The molecule has 1 aromatic heterocycles. The predicted molar refractivity (Wildman–Crippen MR) is 115 cm³/mol. The summed E-state index contributed by atoms with van der Waals surface area (Å²) in [7, 11) is 1.33. The molecular weight excluding hydrogens is 403 g/mol. The number of ether oxygens (including phenoxy) is 1. The van der Waals surface area contributed by atoms with E-state index in [2.05, 4.69) is 4.98 Å². The number of para-hydroxylation sites is 1. The number of carbonyl (C=O) groups excluding carboxylic acids is 1. The lowest BCUT2D eigenvalue weighted by atomic mass is 10.1. The fraction of sp³-hybridized carbons (Fsp3) is 0.0870. The summed E-state index contributed by atoms with van der Waals surface area (Å²) in [4.78, 5) is 29.9. The van der Waals surface area contributed by atoms with Crippen LogP contribution in [0.2, 0.25) is 0 Å². The Bertz CT molecular complexity index is 1300. The topological polar surface area (TPSA) is 61.2 Å². The van der Waals surface area contributed by atoms with Gasteiger partial charge >= 0.3 is 5.97 Å². The van der Waals surface area contributed by atoms with Gasteiger partial charge in [-0.1, -0.05) is 48.2 Å². The number of nitrogens with zero attached hydrogens (tertiary/aromatic N) is 2. The molecule has 1 heterocycles. The Morgan fingerprint density at radius 2 is 1.83 bits per heavy atom. The second-order valence-corrected chi connectivity index (χ2v) is 7.41. The zero-order valence-corrected chi connectivity index (χ0v) is 16.9. The first kappa shape index (κ1) is 19.8. The minimum atomic E-state index is -0.445. The number of hydrogen-bond donors (Lipinski definition) is 0. The molecule has 0 saturated heterocycles. The molecule has 30 heavy (non-hydrogen) atoms. The van der Waals surface area contributed by atoms with Gasteiger partial charge in [0.25, 0.3) is 5.56 Å². The van der Waals surface area contributed by atoms with Crippen LogP contribution in [0.25, 0.3) is 16.6 Å². The third-order valence-corrected chi connectivity index (χ3v) is 5.58. The summed E-state index contributed by atoms with van der Waals surface area (Å²) in [5.74, 6) is -0.495. The Morgan fingerprint density at radius 3 is 2.63 bits per heavy atom. The Morgan fingerprint density at radius 1 is 1.07 bits per heavy atom. The second-order valence-electron chi connectivity index (χ2n) is 6.47. The molecule has 150 valence electrons. The van der Waals surface area contributed by atoms with E-state index in [-0.39, 0.29) is 5.56 Å². The monoisotopic (exact) mass is 420 g/mol. The van der Waals surface area contributed by atoms with Gasteiger partial charge in [0.05, 0.1) is 29.3 Å². The van der Waals surface area contributed by atoms with Crippen molar-refractivity contribution in [2.45, 2.75) is 10.9 Å². The summed E-state index contributed by atoms with van der Waals surface area (Å²) in [6.45, 7) is 0. The van der Waals surface area contributed by atoms with Crippen molar-refractivity contribution >= 4 is 28.6 Å². The van der Waals surface area contributed by atoms with Crippen molar-refractivity contribution in [3.8, 4) is 5.69 Å². The molecule has 0 aliphatic rings. The van der Waals surface area contributed by atoms with E-state index < -0.39 is 11.8 Å². The molecule has 0 aliphatic carbocycles. The Kier molecular flexibility index (Phi) is 5.63. The van der Waals surface area contributed by atoms with Crippen LogP contribution in [0.3, 0.4) is 0 Å². The number of hydrogen-bond acceptors (Lipinski definition) is 5. The molecule has 0 amide bonds. The lowest BCUT2D eigenvalue weighted by molar-refractivity contribution is 0.0600. The summed E-state index contributed by atoms with van der Waals surface area (Å²) in [6.07, 6.45) is 0. The SMILES string of the molecule is COC(=O)c1ccccc1CSc1nc2ccccc2c(=O)n1-c1cccc(F)c1. The second kappa shape index (κ2) is 8.51. The number of carbonyl (C=O) groups is 1. The number of benzene rings is 3. The zero-order valence-electron chi connectivity index (χ0n) is 16.0. The van der Waals surface area contributed by atoms with Crippen molar-refractivity contribution < 1.29 is 13.9 Å². The summed E-state index contributed by atoms with van der Waals surface area (Å²) < 4.78 is 20.1. The van der Waals surface area contributed by atoms with E-state index in [1.807, 2.05) is 18.2 Å². The van der Waals surface area contributed by atoms with Gasteiger partial charge in [-0.3, -0.25) is 9.36 Å². The average Bonchev–Trinajstić information content (AvgIpc) is 2.77. The molecule has 0 spiro atoms. The summed E-state index contributed by atoms with van der Waals surface area (Å²) in [5, 5.41) is 0.852. The average molecular weight is 420 g/mol. The van der Waals surface area contributed by atoms with Gasteiger partial charge in [-0.15, -0.1) is 0 Å². The smallest absolute Gasteiger partial charge is 0.338 e. The number of halogens is 1. The normalized spacial score (nSPS) is 10.9. The Hall–Kier alpha value is -3.45. The van der Waals surface area contributed by atoms with Crippen LogP contribution in [0, 0.1) is 5.82 Å². The highest BCUT2D eigenvalue weighted by Crippen LogP contribution is 2.26. The van der Waals surface area contributed by atoms with Gasteiger partial charge in [-0.2, -0.15) is 0 Å². The van der Waals surface area contributed by atoms with Crippen LogP contribution < -0.4 is 5.56 Å². The van der Waals surface area contributed by atoms with Crippen molar-refractivity contribution in [2.75, 3.05) is 7.11 Å². The molecule has 4 rings (SSSR count). The lowest BCUT2D eigenvalue weighted by Gasteiger charge is -2.14. The zero-order chi connectivity index (χ0) is 21.1. The van der Waals surface area contributed by atoms with Gasteiger partial charge < -0.3 is 4.74 Å². The molecule has 4 aromatic rings. The van der Waals surface area contributed by atoms with E-state index in [4.69, 9.17) is 4.74 Å². The Labute approximate surface area is 176 Å². The molecule has 5 nitrogen and oxygen atoms in total. The third-order valence-electron chi connectivity index (χ3n) is 4.59. The fourth-order valence-electron chi connectivity index (χ4n) is 3.15. The van der Waals surface area contributed by atoms with Crippen molar-refractivity contribution in [2.24, 2.45) is 0 Å². The van der Waals surface area contributed by atoms with E-state index in [1.165, 1.54) is 35.6 Å². The molecule has 0 bridgehead atoms. The quantitative estimate of drug-likeness (QED) is 0.268. The fourth-order valence-corrected chi connectivity index (χ4v) is 4.17. The first-order valence-electron chi connectivity index (χ1n) is 9.15. The molecule has 7 heteroatoms. The molecule has 0 fully saturated rings. The van der Waals surface area contributed by atoms with E-state index in [1.54, 1.807) is 42.5 Å². The van der Waals surface area contributed by atoms with Gasteiger partial charge in [-0.25, -0.2) is 14.2 Å². The molecule has 0 radical (unpaired) electrons. The van der Waals surface area contributed by atoms with Crippen LogP contribution in [0.15, 0.2) is 82.7 Å².